The minimum absolute atomic E-state index is 0.0194. The first kappa shape index (κ1) is 90.5. The summed E-state index contributed by atoms with van der Waals surface area (Å²) >= 11 is 0. The number of carbonyl (C=O) groups excluding carboxylic acids is 4. The van der Waals surface area contributed by atoms with Crippen LogP contribution in [-0.4, -0.2) is 344 Å². The van der Waals surface area contributed by atoms with Crippen LogP contribution >= 0.6 is 0 Å². The molecule has 0 aliphatic heterocycles. The van der Waals surface area contributed by atoms with Crippen molar-refractivity contribution in [3.05, 3.63) is 31.3 Å². The quantitative estimate of drug-likeness (QED) is 0.0239. The molecular formula is C57H107N13O26. The maximum atomic E-state index is 13.7. The molecule has 96 heavy (non-hydrogen) atoms. The van der Waals surface area contributed by atoms with Crippen molar-refractivity contribution in [2.75, 3.05) is 304 Å². The summed E-state index contributed by atoms with van der Waals surface area (Å²) in [7, 11) is 0. The molecule has 4 amide bonds. The van der Waals surface area contributed by atoms with E-state index in [1.54, 1.807) is 0 Å². The molecule has 0 bridgehead atoms. The van der Waals surface area contributed by atoms with Crippen LogP contribution < -0.4 is 21.3 Å². The Balaban J connectivity index is 5.38. The minimum Gasteiger partial charge on any atom is -0.481 e. The molecule has 0 aliphatic rings. The second-order valence-electron chi connectivity index (χ2n) is 19.5. The molecule has 0 saturated heterocycles. The molecule has 0 aromatic rings. The van der Waals surface area contributed by atoms with E-state index in [1.165, 1.54) is 0 Å². The van der Waals surface area contributed by atoms with Crippen LogP contribution in [0, 0.1) is 0 Å². The fourth-order valence-corrected chi connectivity index (χ4v) is 6.98. The molecule has 0 aromatic carbocycles. The van der Waals surface area contributed by atoms with Crippen molar-refractivity contribution in [2.24, 2.45) is 15.3 Å². The highest BCUT2D eigenvalue weighted by Crippen LogP contribution is 2.12. The van der Waals surface area contributed by atoms with Crippen molar-refractivity contribution in [1.29, 1.82) is 0 Å². The largest absolute Gasteiger partial charge is 0.481 e. The number of rotatable bonds is 79. The number of hydrogen-bond acceptors (Lipinski definition) is 28. The Bertz CT molecular complexity index is 1820. The van der Waals surface area contributed by atoms with Gasteiger partial charge in [0.25, 0.3) is 0 Å². The van der Waals surface area contributed by atoms with Crippen molar-refractivity contribution >= 4 is 29.6 Å². The number of carboxylic acid groups (broad SMARTS) is 1. The van der Waals surface area contributed by atoms with Crippen LogP contribution in [0.25, 0.3) is 31.3 Å². The van der Waals surface area contributed by atoms with Crippen molar-refractivity contribution in [2.45, 2.75) is 37.6 Å². The predicted octanol–water partition coefficient (Wildman–Crippen LogP) is 0.488. The zero-order valence-electron chi connectivity index (χ0n) is 55.7. The van der Waals surface area contributed by atoms with E-state index in [1.807, 2.05) is 0 Å². The number of hydrogen-bond donors (Lipinski definition) is 5. The molecule has 0 aliphatic carbocycles. The Kier molecular flexibility index (Phi) is 70.9. The third-order valence-corrected chi connectivity index (χ3v) is 11.6. The highest BCUT2D eigenvalue weighted by Gasteiger charge is 2.34. The van der Waals surface area contributed by atoms with Gasteiger partial charge in [0.1, 0.15) is 5.54 Å². The molecule has 0 unspecified atom stereocenters. The van der Waals surface area contributed by atoms with Gasteiger partial charge in [0, 0.05) is 79.7 Å². The van der Waals surface area contributed by atoms with Crippen LogP contribution in [0.3, 0.4) is 0 Å². The molecule has 0 heterocycles. The van der Waals surface area contributed by atoms with Crippen LogP contribution in [-0.2, 0) is 119 Å². The van der Waals surface area contributed by atoms with E-state index in [0.717, 1.165) is 0 Å². The van der Waals surface area contributed by atoms with Gasteiger partial charge in [0.15, 0.2) is 0 Å². The zero-order chi connectivity index (χ0) is 69.7. The average molecular weight is 1390 g/mol. The van der Waals surface area contributed by atoms with Gasteiger partial charge in [0.05, 0.1) is 271 Å². The SMILES string of the molecule is [N-]=[N+]=NCCOCCOCCOCCOCCNC(=O)CCOCC(COCCC(=O)NCCOCCOCCOCCOCCN=[N+]=[N-])(COCCC(=O)NCCOCCOCCOCCOCCN=[N+]=[N-])NC(=O)CCOCCOCCOCCOCCOCCC(=O)O. The molecule has 0 aromatic heterocycles. The number of aliphatic carboxylic acids is 1. The minimum atomic E-state index is -1.38. The summed E-state index contributed by atoms with van der Waals surface area (Å²) in [6.45, 7) is 10.9. The first-order valence-corrected chi connectivity index (χ1v) is 32.1. The molecule has 0 atom stereocenters. The van der Waals surface area contributed by atoms with Crippen molar-refractivity contribution in [1.82, 2.24) is 21.3 Å². The monoisotopic (exact) mass is 1390 g/mol. The van der Waals surface area contributed by atoms with Crippen molar-refractivity contribution < 1.29 is 124 Å². The maximum absolute atomic E-state index is 13.7. The van der Waals surface area contributed by atoms with Crippen LogP contribution in [0.1, 0.15) is 32.1 Å². The number of ether oxygens (including phenoxy) is 20. The Morgan fingerprint density at radius 2 is 0.469 bits per heavy atom. The van der Waals surface area contributed by atoms with E-state index in [2.05, 4.69) is 51.3 Å². The third-order valence-electron chi connectivity index (χ3n) is 11.6. The number of nitrogens with zero attached hydrogens (tertiary/aromatic N) is 9. The van der Waals surface area contributed by atoms with E-state index < -0.39 is 17.4 Å². The Morgan fingerprint density at radius 3 is 0.708 bits per heavy atom. The maximum Gasteiger partial charge on any atom is 0.305 e. The lowest BCUT2D eigenvalue weighted by Gasteiger charge is -2.34. The van der Waals surface area contributed by atoms with Crippen molar-refractivity contribution in [3.8, 4) is 0 Å². The third kappa shape index (κ3) is 71.3. The summed E-state index contributed by atoms with van der Waals surface area (Å²) in [6, 6.07) is 0. The van der Waals surface area contributed by atoms with Gasteiger partial charge in [-0.15, -0.1) is 0 Å². The number of amides is 4. The first-order valence-electron chi connectivity index (χ1n) is 32.1. The number of azide groups is 3. The van der Waals surface area contributed by atoms with Gasteiger partial charge in [-0.1, -0.05) is 15.3 Å². The summed E-state index contributed by atoms with van der Waals surface area (Å²) in [5.74, 6) is -2.34. The Morgan fingerprint density at radius 1 is 0.271 bits per heavy atom. The molecule has 0 saturated carbocycles. The van der Waals surface area contributed by atoms with E-state index in [9.17, 15) is 24.0 Å². The Hall–Kier alpha value is -5.52. The van der Waals surface area contributed by atoms with Gasteiger partial charge in [-0.2, -0.15) is 0 Å². The topological polar surface area (TPSA) is 485 Å². The smallest absolute Gasteiger partial charge is 0.305 e. The Labute approximate surface area is 561 Å². The molecular weight excluding hydrogens is 1280 g/mol. The van der Waals surface area contributed by atoms with E-state index in [4.69, 9.17) is 116 Å². The van der Waals surface area contributed by atoms with Crippen molar-refractivity contribution in [3.63, 3.8) is 0 Å². The van der Waals surface area contributed by atoms with E-state index in [-0.39, 0.29) is 188 Å². The lowest BCUT2D eigenvalue weighted by molar-refractivity contribution is -0.138. The second-order valence-corrected chi connectivity index (χ2v) is 19.5. The molecule has 0 spiro atoms. The molecule has 39 nitrogen and oxygen atoms in total. The number of carbonyl (C=O) groups is 5. The van der Waals surface area contributed by atoms with E-state index in [0.29, 0.717) is 165 Å². The summed E-state index contributed by atoms with van der Waals surface area (Å²) in [4.78, 5) is 70.7. The van der Waals surface area contributed by atoms with Gasteiger partial charge >= 0.3 is 5.97 Å². The second kappa shape index (κ2) is 75.3. The van der Waals surface area contributed by atoms with Crippen LogP contribution in [0.2, 0.25) is 0 Å². The van der Waals surface area contributed by atoms with E-state index >= 15 is 0 Å². The van der Waals surface area contributed by atoms with Gasteiger partial charge in [0.2, 0.25) is 23.6 Å². The highest BCUT2D eigenvalue weighted by atomic mass is 16.6. The zero-order valence-corrected chi connectivity index (χ0v) is 55.7. The molecule has 0 rings (SSSR count). The number of carboxylic acids is 1. The fourth-order valence-electron chi connectivity index (χ4n) is 6.98. The van der Waals surface area contributed by atoms with Gasteiger partial charge in [-0.25, -0.2) is 0 Å². The van der Waals surface area contributed by atoms with Gasteiger partial charge in [-0.3, -0.25) is 24.0 Å². The average Bonchev–Trinajstić information content (AvgIpc) is 0.902. The van der Waals surface area contributed by atoms with Gasteiger partial charge in [-0.05, 0) is 16.6 Å². The molecule has 556 valence electrons. The van der Waals surface area contributed by atoms with Gasteiger partial charge < -0.3 is 121 Å². The van der Waals surface area contributed by atoms with Crippen LogP contribution in [0.5, 0.6) is 0 Å². The predicted molar refractivity (Wildman–Crippen MR) is 339 cm³/mol. The normalized spacial score (nSPS) is 11.7. The standard InChI is InChI=1S/C57H107N13O26/c58-68-64-9-20-82-28-36-90-44-41-87-33-25-79-17-6-61-52(71)1-13-94-49-57(67-55(74)4-12-77-23-31-85-39-47-93-48-40-86-32-24-78-16-5-56(75)76,50-95-14-2-53(72)62-7-18-80-26-34-88-42-45-91-37-29-83-21-10-65-69-59)51-96-15-3-54(73)63-8-19-81-27-35-89-43-46-92-38-30-84-22-11-66-70-60/h1-51H2,(H,61,71)(H,62,72)(H,63,73)(H,67,74)(H,75,76). The lowest BCUT2D eigenvalue weighted by Crippen LogP contribution is -2.59. The summed E-state index contributed by atoms with van der Waals surface area (Å²) in [6.07, 6.45) is -0.297. The van der Waals surface area contributed by atoms with Crippen LogP contribution in [0.4, 0.5) is 0 Å². The first-order chi connectivity index (χ1) is 47.2. The summed E-state index contributed by atoms with van der Waals surface area (Å²) < 4.78 is 111. The highest BCUT2D eigenvalue weighted by molar-refractivity contribution is 5.77. The fraction of sp³-hybridized carbons (Fsp3) is 0.912. The lowest BCUT2D eigenvalue weighted by atomic mass is 10.0. The summed E-state index contributed by atoms with van der Waals surface area (Å²) in [5, 5.41) is 30.1. The van der Waals surface area contributed by atoms with Crippen LogP contribution in [0.15, 0.2) is 15.3 Å². The molecule has 5 N–H and O–H groups in total. The summed E-state index contributed by atoms with van der Waals surface area (Å²) in [5.41, 5.74) is 23.5. The number of nitrogens with one attached hydrogen (secondary N) is 4. The molecule has 0 fully saturated rings. The molecule has 0 radical (unpaired) electrons. The molecule has 39 heteroatoms.